The molecule has 0 aromatic carbocycles. The first-order chi connectivity index (χ1) is 5.27. The zero-order valence-corrected chi connectivity index (χ0v) is 8.69. The molecule has 2 atom stereocenters. The van der Waals surface area contributed by atoms with Crippen LogP contribution in [0.5, 0.6) is 0 Å². The van der Waals surface area contributed by atoms with E-state index in [1.807, 2.05) is 0 Å². The minimum Gasteiger partial charge on any atom is -0.390 e. The summed E-state index contributed by atoms with van der Waals surface area (Å²) in [4.78, 5) is 0. The largest absolute Gasteiger partial charge is 0.390 e. The number of halogens is 1. The summed E-state index contributed by atoms with van der Waals surface area (Å²) in [5, 5.41) is 9.54. The molecule has 0 radical (unpaired) electrons. The fourth-order valence-corrected chi connectivity index (χ4v) is 1.86. The second-order valence-corrected chi connectivity index (χ2v) is 6.94. The van der Waals surface area contributed by atoms with E-state index in [2.05, 4.69) is 0 Å². The van der Waals surface area contributed by atoms with E-state index in [-0.39, 0.29) is 5.92 Å². The Balaban J connectivity index is 2.83. The van der Waals surface area contributed by atoms with Crippen LogP contribution in [0.3, 0.4) is 0 Å². The molecule has 72 valence electrons. The third kappa shape index (κ3) is 1.75. The van der Waals surface area contributed by atoms with Crippen molar-refractivity contribution in [2.24, 2.45) is 5.92 Å². The summed E-state index contributed by atoms with van der Waals surface area (Å²) < 4.78 is 20.7. The summed E-state index contributed by atoms with van der Waals surface area (Å²) in [6.45, 7) is 1.35. The highest BCUT2D eigenvalue weighted by molar-refractivity contribution is 7.93. The lowest BCUT2D eigenvalue weighted by atomic mass is 10.2. The van der Waals surface area contributed by atoms with Gasteiger partial charge in [0.15, 0.2) is 14.0 Å². The van der Waals surface area contributed by atoms with Gasteiger partial charge in [0.1, 0.15) is 0 Å². The molecule has 1 aliphatic carbocycles. The summed E-state index contributed by atoms with van der Waals surface area (Å²) in [6, 6.07) is 0. The van der Waals surface area contributed by atoms with Crippen LogP contribution in [0, 0.1) is 5.92 Å². The van der Waals surface area contributed by atoms with E-state index in [1.165, 1.54) is 6.92 Å². The highest BCUT2D eigenvalue weighted by Gasteiger charge is 2.48. The molecule has 0 unspecified atom stereocenters. The van der Waals surface area contributed by atoms with Gasteiger partial charge in [-0.05, 0) is 25.7 Å². The van der Waals surface area contributed by atoms with E-state index >= 15 is 0 Å². The van der Waals surface area contributed by atoms with Crippen LogP contribution in [-0.4, -0.2) is 30.1 Å². The van der Waals surface area contributed by atoms with Crippen LogP contribution in [-0.2, 0) is 9.84 Å². The Morgan fingerprint density at radius 2 is 2.00 bits per heavy atom. The number of alkyl halides is 1. The van der Waals surface area contributed by atoms with Crippen molar-refractivity contribution in [1.82, 2.24) is 0 Å². The highest BCUT2D eigenvalue weighted by Crippen LogP contribution is 2.41. The molecule has 0 bridgehead atoms. The third-order valence-electron chi connectivity index (χ3n) is 2.32. The molecular formula is C7H13ClO3S. The number of sulfone groups is 1. The van der Waals surface area contributed by atoms with Gasteiger partial charge in [0.25, 0.3) is 0 Å². The molecule has 1 fully saturated rings. The smallest absolute Gasteiger partial charge is 0.169 e. The van der Waals surface area contributed by atoms with Crippen molar-refractivity contribution in [3.63, 3.8) is 0 Å². The summed E-state index contributed by atoms with van der Waals surface area (Å²) in [6.07, 6.45) is 1.86. The van der Waals surface area contributed by atoms with Crippen LogP contribution in [0.1, 0.15) is 19.8 Å². The van der Waals surface area contributed by atoms with E-state index < -0.39 is 20.1 Å². The van der Waals surface area contributed by atoms with Gasteiger partial charge in [-0.3, -0.25) is 0 Å². The predicted molar refractivity (Wildman–Crippen MR) is 47.8 cm³/mol. The molecule has 1 saturated carbocycles. The molecule has 12 heavy (non-hydrogen) atoms. The predicted octanol–water partition coefficient (Wildman–Crippen LogP) is 0.757. The van der Waals surface area contributed by atoms with Crippen LogP contribution in [0.2, 0.25) is 0 Å². The number of aliphatic hydroxyl groups excluding tert-OH is 1. The molecule has 0 amide bonds. The average molecular weight is 213 g/mol. The summed E-state index contributed by atoms with van der Waals surface area (Å²) in [7, 11) is -3.39. The summed E-state index contributed by atoms with van der Waals surface area (Å²) in [5.74, 6) is 0.0715. The number of aliphatic hydroxyl groups is 1. The van der Waals surface area contributed by atoms with E-state index in [9.17, 15) is 13.5 Å². The first kappa shape index (κ1) is 10.3. The van der Waals surface area contributed by atoms with Crippen molar-refractivity contribution >= 4 is 21.4 Å². The molecule has 1 aliphatic rings. The molecule has 0 aromatic heterocycles. The fourth-order valence-electron chi connectivity index (χ4n) is 1.05. The standard InChI is InChI=1S/C7H13ClO3S/c1-7(8,12(2,10)11)6(9)5-3-4-5/h5-6,9H,3-4H2,1-2H3/t6-,7-/m1/s1. The first-order valence-electron chi connectivity index (χ1n) is 3.83. The Labute approximate surface area is 77.6 Å². The molecule has 5 heteroatoms. The molecule has 0 aliphatic heterocycles. The molecule has 1 rings (SSSR count). The lowest BCUT2D eigenvalue weighted by molar-refractivity contribution is 0.137. The highest BCUT2D eigenvalue weighted by atomic mass is 35.5. The van der Waals surface area contributed by atoms with Gasteiger partial charge >= 0.3 is 0 Å². The van der Waals surface area contributed by atoms with Crippen LogP contribution in [0.4, 0.5) is 0 Å². The SMILES string of the molecule is C[C@](Cl)([C@H](O)C1CC1)S(C)(=O)=O. The van der Waals surface area contributed by atoms with E-state index in [0.29, 0.717) is 0 Å². The number of hydrogen-bond acceptors (Lipinski definition) is 3. The van der Waals surface area contributed by atoms with Gasteiger partial charge < -0.3 is 5.11 Å². The zero-order valence-electron chi connectivity index (χ0n) is 7.12. The Hall–Kier alpha value is 0.200. The minimum atomic E-state index is -3.39. The van der Waals surface area contributed by atoms with E-state index in [0.717, 1.165) is 19.1 Å². The summed E-state index contributed by atoms with van der Waals surface area (Å²) >= 11 is 5.76. The van der Waals surface area contributed by atoms with Crippen molar-refractivity contribution in [2.75, 3.05) is 6.26 Å². The van der Waals surface area contributed by atoms with Crippen LogP contribution in [0.25, 0.3) is 0 Å². The first-order valence-corrected chi connectivity index (χ1v) is 6.10. The number of rotatable bonds is 3. The van der Waals surface area contributed by atoms with Crippen molar-refractivity contribution in [3.8, 4) is 0 Å². The zero-order chi connectivity index (χ0) is 9.57. The second kappa shape index (κ2) is 2.86. The molecule has 3 nitrogen and oxygen atoms in total. The van der Waals surface area contributed by atoms with Crippen molar-refractivity contribution in [3.05, 3.63) is 0 Å². The van der Waals surface area contributed by atoms with E-state index in [1.54, 1.807) is 0 Å². The van der Waals surface area contributed by atoms with Gasteiger partial charge in [-0.15, -0.1) is 0 Å². The van der Waals surface area contributed by atoms with Crippen LogP contribution < -0.4 is 0 Å². The molecule has 1 N–H and O–H groups in total. The molecule has 0 spiro atoms. The van der Waals surface area contributed by atoms with Crippen molar-refractivity contribution in [1.29, 1.82) is 0 Å². The maximum absolute atomic E-state index is 11.1. The normalized spacial score (nSPS) is 26.3. The quantitative estimate of drug-likeness (QED) is 0.703. The molecular weight excluding hydrogens is 200 g/mol. The minimum absolute atomic E-state index is 0.0715. The second-order valence-electron chi connectivity index (χ2n) is 3.54. The topological polar surface area (TPSA) is 54.4 Å². The Morgan fingerprint density at radius 1 is 1.58 bits per heavy atom. The number of hydrogen-bond donors (Lipinski definition) is 1. The molecule has 0 saturated heterocycles. The Kier molecular flexibility index (Phi) is 2.45. The van der Waals surface area contributed by atoms with E-state index in [4.69, 9.17) is 11.6 Å². The lowest BCUT2D eigenvalue weighted by Gasteiger charge is -2.25. The maximum atomic E-state index is 11.1. The third-order valence-corrected chi connectivity index (χ3v) is 5.08. The lowest BCUT2D eigenvalue weighted by Crippen LogP contribution is -2.42. The van der Waals surface area contributed by atoms with Gasteiger partial charge in [0.2, 0.25) is 0 Å². The Bertz CT molecular complexity index is 266. The van der Waals surface area contributed by atoms with Gasteiger partial charge in [0, 0.05) is 6.26 Å². The van der Waals surface area contributed by atoms with Crippen molar-refractivity contribution < 1.29 is 13.5 Å². The van der Waals surface area contributed by atoms with Gasteiger partial charge in [-0.25, -0.2) is 8.42 Å². The monoisotopic (exact) mass is 212 g/mol. The maximum Gasteiger partial charge on any atom is 0.169 e. The average Bonchev–Trinajstić information content (AvgIpc) is 2.64. The van der Waals surface area contributed by atoms with Crippen LogP contribution >= 0.6 is 11.6 Å². The Morgan fingerprint density at radius 3 is 2.25 bits per heavy atom. The van der Waals surface area contributed by atoms with Gasteiger partial charge in [0.05, 0.1) is 6.10 Å². The van der Waals surface area contributed by atoms with Crippen LogP contribution in [0.15, 0.2) is 0 Å². The summed E-state index contributed by atoms with van der Waals surface area (Å²) in [5.41, 5.74) is 0. The van der Waals surface area contributed by atoms with Gasteiger partial charge in [-0.2, -0.15) is 0 Å². The molecule has 0 aromatic rings. The molecule has 0 heterocycles. The fraction of sp³-hybridized carbons (Fsp3) is 1.00. The van der Waals surface area contributed by atoms with Gasteiger partial charge in [-0.1, -0.05) is 11.6 Å². The van der Waals surface area contributed by atoms with Crippen molar-refractivity contribution in [2.45, 2.75) is 30.1 Å².